The van der Waals surface area contributed by atoms with Gasteiger partial charge in [-0.2, -0.15) is 0 Å². The predicted octanol–water partition coefficient (Wildman–Crippen LogP) is 4.02. The lowest BCUT2D eigenvalue weighted by Gasteiger charge is -2.30. The number of benzene rings is 1. The van der Waals surface area contributed by atoms with Gasteiger partial charge in [0.25, 0.3) is 0 Å². The van der Waals surface area contributed by atoms with E-state index in [1.165, 1.54) is 0 Å². The average Bonchev–Trinajstić information content (AvgIpc) is 2.51. The number of pyridine rings is 1. The zero-order chi connectivity index (χ0) is 15.2. The Hall–Kier alpha value is -0.940. The van der Waals surface area contributed by atoms with Gasteiger partial charge in [0, 0.05) is 34.8 Å². The first-order valence-electron chi connectivity index (χ1n) is 6.94. The van der Waals surface area contributed by atoms with E-state index in [4.69, 9.17) is 17.3 Å². The molecule has 0 saturated heterocycles. The van der Waals surface area contributed by atoms with Crippen molar-refractivity contribution in [3.63, 3.8) is 0 Å². The van der Waals surface area contributed by atoms with Crippen LogP contribution in [-0.4, -0.2) is 23.0 Å². The first-order chi connectivity index (χ1) is 10.2. The van der Waals surface area contributed by atoms with Crippen LogP contribution in [0, 0.1) is 0 Å². The fourth-order valence-electron chi connectivity index (χ4n) is 2.38. The summed E-state index contributed by atoms with van der Waals surface area (Å²) in [4.78, 5) is 6.68. The largest absolute Gasteiger partial charge is 0.329 e. The van der Waals surface area contributed by atoms with Crippen LogP contribution in [0.25, 0.3) is 0 Å². The number of hydrogen-bond donors (Lipinski definition) is 1. The van der Waals surface area contributed by atoms with E-state index in [2.05, 4.69) is 32.7 Å². The Morgan fingerprint density at radius 2 is 2.14 bits per heavy atom. The molecule has 0 saturated carbocycles. The van der Waals surface area contributed by atoms with E-state index in [9.17, 15) is 0 Å². The van der Waals surface area contributed by atoms with Crippen LogP contribution in [-0.2, 0) is 6.54 Å². The van der Waals surface area contributed by atoms with Crippen LogP contribution in [0.5, 0.6) is 0 Å². The first-order valence-corrected chi connectivity index (χ1v) is 8.11. The molecule has 0 aliphatic rings. The van der Waals surface area contributed by atoms with Crippen LogP contribution < -0.4 is 5.73 Å². The Bertz CT molecular complexity index is 577. The summed E-state index contributed by atoms with van der Waals surface area (Å²) in [6.45, 7) is 4.26. The predicted molar refractivity (Wildman–Crippen MR) is 91.3 cm³/mol. The molecule has 2 rings (SSSR count). The molecule has 2 aromatic rings. The van der Waals surface area contributed by atoms with Gasteiger partial charge < -0.3 is 5.73 Å². The number of halogens is 2. The van der Waals surface area contributed by atoms with Crippen molar-refractivity contribution in [2.45, 2.75) is 19.5 Å². The van der Waals surface area contributed by atoms with Gasteiger partial charge in [0.15, 0.2) is 0 Å². The molecular formula is C16H19BrClN3. The lowest BCUT2D eigenvalue weighted by molar-refractivity contribution is 0.201. The molecule has 0 spiro atoms. The van der Waals surface area contributed by atoms with Crippen LogP contribution in [0.3, 0.4) is 0 Å². The topological polar surface area (TPSA) is 42.2 Å². The maximum atomic E-state index is 6.36. The second kappa shape index (κ2) is 7.90. The van der Waals surface area contributed by atoms with Crippen molar-refractivity contribution in [3.8, 4) is 0 Å². The molecule has 21 heavy (non-hydrogen) atoms. The van der Waals surface area contributed by atoms with E-state index >= 15 is 0 Å². The molecule has 0 aliphatic carbocycles. The fourth-order valence-corrected chi connectivity index (χ4v) is 3.01. The van der Waals surface area contributed by atoms with Crippen molar-refractivity contribution in [2.24, 2.45) is 5.73 Å². The minimum atomic E-state index is 0.0713. The quantitative estimate of drug-likeness (QED) is 0.837. The van der Waals surface area contributed by atoms with Crippen molar-refractivity contribution in [3.05, 3.63) is 63.3 Å². The van der Waals surface area contributed by atoms with Crippen molar-refractivity contribution >= 4 is 27.5 Å². The second-order valence-electron chi connectivity index (χ2n) is 4.80. The van der Waals surface area contributed by atoms with Gasteiger partial charge in [0.05, 0.1) is 5.69 Å². The lowest BCUT2D eigenvalue weighted by atomic mass is 10.0. The number of aromatic nitrogens is 1. The van der Waals surface area contributed by atoms with Crippen LogP contribution in [0.4, 0.5) is 0 Å². The van der Waals surface area contributed by atoms with Gasteiger partial charge in [-0.3, -0.25) is 9.88 Å². The number of hydrogen-bond acceptors (Lipinski definition) is 3. The third-order valence-corrected chi connectivity index (χ3v) is 4.32. The smallest absolute Gasteiger partial charge is 0.0544 e. The van der Waals surface area contributed by atoms with E-state index in [0.717, 1.165) is 33.8 Å². The van der Waals surface area contributed by atoms with E-state index < -0.39 is 0 Å². The van der Waals surface area contributed by atoms with E-state index in [1.54, 1.807) is 0 Å². The molecule has 5 heteroatoms. The molecule has 3 nitrogen and oxygen atoms in total. The summed E-state index contributed by atoms with van der Waals surface area (Å²) in [7, 11) is 0. The molecule has 1 aromatic carbocycles. The minimum Gasteiger partial charge on any atom is -0.329 e. The van der Waals surface area contributed by atoms with Crippen molar-refractivity contribution in [1.82, 2.24) is 9.88 Å². The van der Waals surface area contributed by atoms with Crippen LogP contribution in [0.1, 0.15) is 24.2 Å². The lowest BCUT2D eigenvalue weighted by Crippen LogP contribution is -2.33. The molecule has 0 amide bonds. The molecule has 1 atom stereocenters. The van der Waals surface area contributed by atoms with Gasteiger partial charge in [-0.25, -0.2) is 0 Å². The monoisotopic (exact) mass is 367 g/mol. The maximum absolute atomic E-state index is 6.36. The van der Waals surface area contributed by atoms with Gasteiger partial charge in [0.2, 0.25) is 0 Å². The number of nitrogens with zero attached hydrogens (tertiary/aromatic N) is 2. The van der Waals surface area contributed by atoms with Gasteiger partial charge >= 0.3 is 0 Å². The average molecular weight is 369 g/mol. The Labute approximate surface area is 139 Å². The van der Waals surface area contributed by atoms with Gasteiger partial charge in [-0.1, -0.05) is 40.5 Å². The number of rotatable bonds is 6. The number of likely N-dealkylation sites (N-methyl/N-ethyl adjacent to an activating group) is 1. The molecular weight excluding hydrogens is 350 g/mol. The van der Waals surface area contributed by atoms with Crippen molar-refractivity contribution in [1.29, 1.82) is 0 Å². The first kappa shape index (κ1) is 16.4. The van der Waals surface area contributed by atoms with Crippen LogP contribution in [0.2, 0.25) is 5.02 Å². The Morgan fingerprint density at radius 1 is 1.33 bits per heavy atom. The molecule has 1 unspecified atom stereocenters. The molecule has 0 bridgehead atoms. The van der Waals surface area contributed by atoms with E-state index in [0.29, 0.717) is 6.54 Å². The Balaban J connectivity index is 2.27. The highest BCUT2D eigenvalue weighted by Gasteiger charge is 2.21. The van der Waals surface area contributed by atoms with E-state index in [1.807, 2.05) is 42.6 Å². The normalized spacial score (nSPS) is 12.6. The third kappa shape index (κ3) is 4.27. The minimum absolute atomic E-state index is 0.0713. The summed E-state index contributed by atoms with van der Waals surface area (Å²) in [5.74, 6) is 0. The summed E-state index contributed by atoms with van der Waals surface area (Å²) in [5.41, 5.74) is 8.10. The van der Waals surface area contributed by atoms with Crippen molar-refractivity contribution in [2.75, 3.05) is 13.1 Å². The Morgan fingerprint density at radius 3 is 2.76 bits per heavy atom. The molecule has 0 radical (unpaired) electrons. The SMILES string of the molecule is CCN(Cc1ccccn1)C(CN)c1cc(Br)ccc1Cl. The number of nitrogens with two attached hydrogens (primary N) is 1. The molecule has 0 aliphatic heterocycles. The molecule has 1 heterocycles. The van der Waals surface area contributed by atoms with Crippen LogP contribution >= 0.6 is 27.5 Å². The van der Waals surface area contributed by atoms with Crippen LogP contribution in [0.15, 0.2) is 47.1 Å². The zero-order valence-electron chi connectivity index (χ0n) is 12.0. The maximum Gasteiger partial charge on any atom is 0.0544 e. The van der Waals surface area contributed by atoms with Gasteiger partial charge in [0.1, 0.15) is 0 Å². The Kier molecular flexibility index (Phi) is 6.18. The molecule has 112 valence electrons. The van der Waals surface area contributed by atoms with Crippen molar-refractivity contribution < 1.29 is 0 Å². The summed E-state index contributed by atoms with van der Waals surface area (Å²) < 4.78 is 1.01. The summed E-state index contributed by atoms with van der Waals surface area (Å²) in [6, 6.07) is 11.9. The third-order valence-electron chi connectivity index (χ3n) is 3.48. The zero-order valence-corrected chi connectivity index (χ0v) is 14.3. The molecule has 0 fully saturated rings. The second-order valence-corrected chi connectivity index (χ2v) is 6.12. The standard InChI is InChI=1S/C16H19BrClN3/c1-2-21(11-13-5-3-4-8-20-13)16(10-19)14-9-12(17)6-7-15(14)18/h3-9,16H,2,10-11,19H2,1H3. The van der Waals surface area contributed by atoms with Gasteiger partial charge in [-0.15, -0.1) is 0 Å². The molecule has 1 aromatic heterocycles. The summed E-state index contributed by atoms with van der Waals surface area (Å²) in [5, 5.41) is 0.744. The van der Waals surface area contributed by atoms with E-state index in [-0.39, 0.29) is 6.04 Å². The van der Waals surface area contributed by atoms with Gasteiger partial charge in [-0.05, 0) is 42.4 Å². The highest BCUT2D eigenvalue weighted by atomic mass is 79.9. The highest BCUT2D eigenvalue weighted by Crippen LogP contribution is 2.30. The summed E-state index contributed by atoms with van der Waals surface area (Å²) in [6.07, 6.45) is 1.81. The highest BCUT2D eigenvalue weighted by molar-refractivity contribution is 9.10. The summed E-state index contributed by atoms with van der Waals surface area (Å²) >= 11 is 9.86. The molecule has 2 N–H and O–H groups in total. The fraction of sp³-hybridized carbons (Fsp3) is 0.312.